The van der Waals surface area contributed by atoms with Crippen molar-refractivity contribution in [2.24, 2.45) is 5.92 Å². The highest BCUT2D eigenvalue weighted by molar-refractivity contribution is 5.67. The van der Waals surface area contributed by atoms with Gasteiger partial charge in [-0.2, -0.15) is 5.26 Å². The van der Waals surface area contributed by atoms with E-state index in [1.165, 1.54) is 6.07 Å². The second-order valence-electron chi connectivity index (χ2n) is 7.75. The summed E-state index contributed by atoms with van der Waals surface area (Å²) in [6, 6.07) is 6.91. The number of nitrogens with zero attached hydrogens (tertiary/aromatic N) is 2. The van der Waals surface area contributed by atoms with Crippen molar-refractivity contribution in [2.75, 3.05) is 13.1 Å². The number of aliphatic carboxylic acids is 1. The molecule has 27 heavy (non-hydrogen) atoms. The Bertz CT molecular complexity index is 695. The van der Waals surface area contributed by atoms with Gasteiger partial charge in [0.15, 0.2) is 0 Å². The van der Waals surface area contributed by atoms with Crippen LogP contribution < -0.4 is 0 Å². The van der Waals surface area contributed by atoms with E-state index in [-0.39, 0.29) is 24.9 Å². The molecule has 2 unspecified atom stereocenters. The van der Waals surface area contributed by atoms with Gasteiger partial charge < -0.3 is 14.7 Å². The number of likely N-dealkylation sites (tertiary alicyclic amines) is 1. The van der Waals surface area contributed by atoms with E-state index in [0.717, 1.165) is 51.6 Å². The predicted octanol–water partition coefficient (Wildman–Crippen LogP) is 3.71. The molecular weight excluding hydrogens is 347 g/mol. The van der Waals surface area contributed by atoms with Crippen molar-refractivity contribution in [3.63, 3.8) is 0 Å². The SMILES string of the molecule is N#Cc1ccc(COC2CCCC(N3CCC(CC(=O)O)CC3)C2)c(F)c1. The second kappa shape index (κ2) is 9.29. The van der Waals surface area contributed by atoms with E-state index in [2.05, 4.69) is 4.90 Å². The summed E-state index contributed by atoms with van der Waals surface area (Å²) in [6.45, 7) is 2.15. The van der Waals surface area contributed by atoms with Crippen molar-refractivity contribution in [3.8, 4) is 6.07 Å². The largest absolute Gasteiger partial charge is 0.481 e. The fourth-order valence-electron chi connectivity index (χ4n) is 4.31. The van der Waals surface area contributed by atoms with Gasteiger partial charge >= 0.3 is 5.97 Å². The van der Waals surface area contributed by atoms with Crippen LogP contribution in [0.2, 0.25) is 0 Å². The minimum Gasteiger partial charge on any atom is -0.481 e. The van der Waals surface area contributed by atoms with Crippen LogP contribution in [0.3, 0.4) is 0 Å². The van der Waals surface area contributed by atoms with E-state index < -0.39 is 5.97 Å². The van der Waals surface area contributed by atoms with E-state index in [9.17, 15) is 9.18 Å². The number of nitriles is 1. The summed E-state index contributed by atoms with van der Waals surface area (Å²) >= 11 is 0. The van der Waals surface area contributed by atoms with Crippen molar-refractivity contribution in [2.45, 2.75) is 63.7 Å². The fourth-order valence-corrected chi connectivity index (χ4v) is 4.31. The van der Waals surface area contributed by atoms with E-state index in [1.54, 1.807) is 12.1 Å². The smallest absolute Gasteiger partial charge is 0.303 e. The molecule has 0 spiro atoms. The van der Waals surface area contributed by atoms with Crippen molar-refractivity contribution in [1.29, 1.82) is 5.26 Å². The molecule has 1 aromatic carbocycles. The minimum atomic E-state index is -0.699. The summed E-state index contributed by atoms with van der Waals surface area (Å²) in [6.07, 6.45) is 6.48. The van der Waals surface area contributed by atoms with Gasteiger partial charge in [0, 0.05) is 18.0 Å². The van der Waals surface area contributed by atoms with Crippen molar-refractivity contribution in [1.82, 2.24) is 4.90 Å². The van der Waals surface area contributed by atoms with Gasteiger partial charge in [-0.1, -0.05) is 6.07 Å². The van der Waals surface area contributed by atoms with Gasteiger partial charge in [0.05, 0.1) is 24.3 Å². The highest BCUT2D eigenvalue weighted by Gasteiger charge is 2.30. The van der Waals surface area contributed by atoms with Crippen LogP contribution in [-0.4, -0.2) is 41.2 Å². The lowest BCUT2D eigenvalue weighted by Crippen LogP contribution is -2.45. The Kier molecular flexibility index (Phi) is 6.81. The summed E-state index contributed by atoms with van der Waals surface area (Å²) in [4.78, 5) is 13.4. The quantitative estimate of drug-likeness (QED) is 0.822. The number of hydrogen-bond acceptors (Lipinski definition) is 4. The number of hydrogen-bond donors (Lipinski definition) is 1. The first-order valence-corrected chi connectivity index (χ1v) is 9.81. The summed E-state index contributed by atoms with van der Waals surface area (Å²) in [7, 11) is 0. The average molecular weight is 374 g/mol. The molecule has 2 atom stereocenters. The molecular formula is C21H27FN2O3. The minimum absolute atomic E-state index is 0.121. The maximum Gasteiger partial charge on any atom is 0.303 e. The number of rotatable bonds is 6. The molecule has 0 radical (unpaired) electrons. The molecule has 3 rings (SSSR count). The van der Waals surface area contributed by atoms with Crippen LogP contribution in [0, 0.1) is 23.1 Å². The van der Waals surface area contributed by atoms with E-state index in [4.69, 9.17) is 15.1 Å². The van der Waals surface area contributed by atoms with Crippen molar-refractivity contribution < 1.29 is 19.0 Å². The van der Waals surface area contributed by atoms with Gasteiger partial charge in [-0.05, 0) is 69.7 Å². The molecule has 1 aliphatic heterocycles. The number of carboxylic acid groups (broad SMARTS) is 1. The third kappa shape index (κ3) is 5.50. The van der Waals surface area contributed by atoms with Gasteiger partial charge in [0.25, 0.3) is 0 Å². The Morgan fingerprint density at radius 3 is 2.74 bits per heavy atom. The van der Waals surface area contributed by atoms with Gasteiger partial charge in [-0.25, -0.2) is 4.39 Å². The lowest BCUT2D eigenvalue weighted by Gasteiger charge is -2.41. The Labute approximate surface area is 159 Å². The van der Waals surface area contributed by atoms with Crippen molar-refractivity contribution >= 4 is 5.97 Å². The number of carbonyl (C=O) groups is 1. The van der Waals surface area contributed by atoms with E-state index in [0.29, 0.717) is 23.1 Å². The van der Waals surface area contributed by atoms with Crippen LogP contribution >= 0.6 is 0 Å². The van der Waals surface area contributed by atoms with E-state index >= 15 is 0 Å². The predicted molar refractivity (Wildman–Crippen MR) is 98.5 cm³/mol. The number of carboxylic acids is 1. The Morgan fingerprint density at radius 2 is 2.07 bits per heavy atom. The molecule has 5 nitrogen and oxygen atoms in total. The maximum absolute atomic E-state index is 14.0. The zero-order chi connectivity index (χ0) is 19.2. The van der Waals surface area contributed by atoms with E-state index in [1.807, 2.05) is 6.07 Å². The standard InChI is InChI=1S/C21H27FN2O3/c22-20-10-16(13-23)4-5-17(20)14-27-19-3-1-2-18(12-19)24-8-6-15(7-9-24)11-21(25)26/h4-5,10,15,18-19H,1-3,6-9,11-12,14H2,(H,25,26). The van der Waals surface area contributed by atoms with Gasteiger partial charge in [0.1, 0.15) is 5.82 Å². The Balaban J connectivity index is 1.47. The molecule has 1 N–H and O–H groups in total. The van der Waals surface area contributed by atoms with Gasteiger partial charge in [-0.3, -0.25) is 4.79 Å². The molecule has 0 amide bonds. The fraction of sp³-hybridized carbons (Fsp3) is 0.619. The zero-order valence-electron chi connectivity index (χ0n) is 15.6. The first kappa shape index (κ1) is 19.8. The molecule has 1 aliphatic carbocycles. The molecule has 6 heteroatoms. The lowest BCUT2D eigenvalue weighted by atomic mass is 9.87. The van der Waals surface area contributed by atoms with Gasteiger partial charge in [0.2, 0.25) is 0 Å². The molecule has 1 heterocycles. The summed E-state index contributed by atoms with van der Waals surface area (Å²) in [5, 5.41) is 17.8. The molecule has 0 aromatic heterocycles. The average Bonchev–Trinajstić information content (AvgIpc) is 2.67. The van der Waals surface area contributed by atoms with Gasteiger partial charge in [-0.15, -0.1) is 0 Å². The molecule has 2 fully saturated rings. The van der Waals surface area contributed by atoms with Crippen LogP contribution in [-0.2, 0) is 16.1 Å². The number of piperidine rings is 1. The zero-order valence-corrected chi connectivity index (χ0v) is 15.6. The number of ether oxygens (including phenoxy) is 1. The molecule has 1 aromatic rings. The van der Waals surface area contributed by atoms with Crippen LogP contribution in [0.1, 0.15) is 56.1 Å². The Hall–Kier alpha value is -1.97. The Morgan fingerprint density at radius 1 is 1.30 bits per heavy atom. The maximum atomic E-state index is 14.0. The summed E-state index contributed by atoms with van der Waals surface area (Å²) in [5.41, 5.74) is 0.811. The third-order valence-corrected chi connectivity index (χ3v) is 5.88. The monoisotopic (exact) mass is 374 g/mol. The first-order chi connectivity index (χ1) is 13.0. The lowest BCUT2D eigenvalue weighted by molar-refractivity contribution is -0.138. The van der Waals surface area contributed by atoms with Crippen LogP contribution in [0.15, 0.2) is 18.2 Å². The molecule has 1 saturated heterocycles. The highest BCUT2D eigenvalue weighted by atomic mass is 19.1. The molecule has 1 saturated carbocycles. The topological polar surface area (TPSA) is 73.6 Å². The third-order valence-electron chi connectivity index (χ3n) is 5.88. The normalized spacial score (nSPS) is 24.4. The number of halogens is 1. The molecule has 2 aliphatic rings. The molecule has 0 bridgehead atoms. The molecule has 146 valence electrons. The number of benzene rings is 1. The van der Waals surface area contributed by atoms with Crippen molar-refractivity contribution in [3.05, 3.63) is 35.1 Å². The van der Waals surface area contributed by atoms with Crippen LogP contribution in [0.5, 0.6) is 0 Å². The second-order valence-corrected chi connectivity index (χ2v) is 7.75. The first-order valence-electron chi connectivity index (χ1n) is 9.81. The van der Waals surface area contributed by atoms with Crippen LogP contribution in [0.4, 0.5) is 4.39 Å². The summed E-state index contributed by atoms with van der Waals surface area (Å²) in [5.74, 6) is -0.787. The highest BCUT2D eigenvalue weighted by Crippen LogP contribution is 2.30. The van der Waals surface area contributed by atoms with Crippen LogP contribution in [0.25, 0.3) is 0 Å². The summed E-state index contributed by atoms with van der Waals surface area (Å²) < 4.78 is 20.0.